The van der Waals surface area contributed by atoms with E-state index in [4.69, 9.17) is 0 Å². The zero-order chi connectivity index (χ0) is 17.8. The Balaban J connectivity index is 1.69. The fraction of sp³-hybridized carbons (Fsp3) is 0. The van der Waals surface area contributed by atoms with Crippen LogP contribution in [0, 0.1) is 0 Å². The third-order valence-corrected chi connectivity index (χ3v) is 4.34. The largest absolute Gasteiger partial charge is 0.507 e. The number of aromatic nitrogens is 2. The number of carbonyl (C=O) groups excluding carboxylic acids is 1. The lowest BCUT2D eigenvalue weighted by Crippen LogP contribution is -2.18. The van der Waals surface area contributed by atoms with Crippen LogP contribution in [0.4, 0.5) is 0 Å². The molecular formula is C17H12Br2N4O2. The van der Waals surface area contributed by atoms with E-state index in [2.05, 4.69) is 52.6 Å². The highest BCUT2D eigenvalue weighted by Gasteiger charge is 2.10. The summed E-state index contributed by atoms with van der Waals surface area (Å²) in [4.78, 5) is 12.1. The first-order chi connectivity index (χ1) is 12.0. The van der Waals surface area contributed by atoms with Crippen molar-refractivity contribution in [2.45, 2.75) is 0 Å². The lowest BCUT2D eigenvalue weighted by atomic mass is 10.1. The molecule has 2 aromatic carbocycles. The third kappa shape index (κ3) is 4.34. The van der Waals surface area contributed by atoms with Crippen LogP contribution in [0.1, 0.15) is 16.1 Å². The number of H-pyrrole nitrogens is 1. The van der Waals surface area contributed by atoms with Crippen LogP contribution in [0.2, 0.25) is 0 Å². The van der Waals surface area contributed by atoms with Crippen LogP contribution in [-0.2, 0) is 0 Å². The number of benzene rings is 2. The van der Waals surface area contributed by atoms with Crippen LogP contribution >= 0.6 is 31.9 Å². The van der Waals surface area contributed by atoms with Gasteiger partial charge in [0, 0.05) is 20.1 Å². The molecule has 0 saturated heterocycles. The SMILES string of the molecule is O=C(N/N=C\c1cc(Br)ccc1O)c1cc(-c2ccc(Br)cc2)n[nH]1. The number of nitrogens with one attached hydrogen (secondary N) is 2. The van der Waals surface area contributed by atoms with Gasteiger partial charge in [-0.15, -0.1) is 0 Å². The maximum Gasteiger partial charge on any atom is 0.289 e. The number of carbonyl (C=O) groups is 1. The number of aromatic hydroxyl groups is 1. The predicted octanol–water partition coefficient (Wildman–Crippen LogP) is 4.07. The van der Waals surface area contributed by atoms with Crippen LogP contribution in [0.5, 0.6) is 5.75 Å². The number of rotatable bonds is 4. The molecule has 0 bridgehead atoms. The summed E-state index contributed by atoms with van der Waals surface area (Å²) < 4.78 is 1.76. The summed E-state index contributed by atoms with van der Waals surface area (Å²) in [5.41, 5.74) is 4.71. The van der Waals surface area contributed by atoms with E-state index in [1.165, 1.54) is 12.3 Å². The molecule has 25 heavy (non-hydrogen) atoms. The first-order valence-corrected chi connectivity index (χ1v) is 8.75. The number of nitrogens with zero attached hydrogens (tertiary/aromatic N) is 2. The third-order valence-electron chi connectivity index (χ3n) is 3.32. The van der Waals surface area contributed by atoms with Gasteiger partial charge in [-0.25, -0.2) is 5.43 Å². The first-order valence-electron chi connectivity index (χ1n) is 7.16. The number of hydrogen-bond donors (Lipinski definition) is 3. The molecule has 0 radical (unpaired) electrons. The fourth-order valence-electron chi connectivity index (χ4n) is 2.06. The average molecular weight is 464 g/mol. The van der Waals surface area contributed by atoms with Crippen LogP contribution < -0.4 is 5.43 Å². The second-order valence-electron chi connectivity index (χ2n) is 5.08. The molecule has 1 amide bonds. The Morgan fingerprint density at radius 2 is 1.84 bits per heavy atom. The molecule has 0 aliphatic heterocycles. The number of halogens is 2. The standard InChI is InChI=1S/C17H12Br2N4O2/c18-12-3-1-10(2-4-12)14-8-15(22-21-14)17(25)23-20-9-11-7-13(19)5-6-16(11)24/h1-9,24H,(H,21,22)(H,23,25)/b20-9-. The molecule has 3 rings (SSSR count). The molecule has 3 N–H and O–H groups in total. The minimum absolute atomic E-state index is 0.0697. The molecule has 3 aromatic rings. The maximum absolute atomic E-state index is 12.1. The summed E-state index contributed by atoms with van der Waals surface area (Å²) in [6.45, 7) is 0. The highest BCUT2D eigenvalue weighted by atomic mass is 79.9. The van der Waals surface area contributed by atoms with Crippen molar-refractivity contribution in [3.63, 3.8) is 0 Å². The van der Waals surface area contributed by atoms with Crippen molar-refractivity contribution in [2.24, 2.45) is 5.10 Å². The number of phenolic OH excluding ortho intramolecular Hbond substituents is 1. The first kappa shape index (κ1) is 17.4. The molecule has 8 heteroatoms. The Morgan fingerprint density at radius 3 is 2.60 bits per heavy atom. The van der Waals surface area contributed by atoms with E-state index in [0.717, 1.165) is 14.5 Å². The maximum atomic E-state index is 12.1. The van der Waals surface area contributed by atoms with E-state index in [0.29, 0.717) is 11.3 Å². The van der Waals surface area contributed by atoms with Crippen molar-refractivity contribution in [2.75, 3.05) is 0 Å². The summed E-state index contributed by atoms with van der Waals surface area (Å²) >= 11 is 6.68. The number of hydrazone groups is 1. The summed E-state index contributed by atoms with van der Waals surface area (Å²) in [7, 11) is 0. The van der Waals surface area contributed by atoms with Gasteiger partial charge in [-0.05, 0) is 36.4 Å². The molecule has 0 fully saturated rings. The Morgan fingerprint density at radius 1 is 1.12 bits per heavy atom. The topological polar surface area (TPSA) is 90.4 Å². The summed E-state index contributed by atoms with van der Waals surface area (Å²) in [6, 6.07) is 14.2. The molecule has 0 unspecified atom stereocenters. The molecular weight excluding hydrogens is 452 g/mol. The molecule has 126 valence electrons. The van der Waals surface area contributed by atoms with Gasteiger partial charge in [-0.1, -0.05) is 44.0 Å². The van der Waals surface area contributed by atoms with Crippen LogP contribution in [-0.4, -0.2) is 27.4 Å². The predicted molar refractivity (Wildman–Crippen MR) is 103 cm³/mol. The average Bonchev–Trinajstić information content (AvgIpc) is 3.08. The molecule has 0 saturated carbocycles. The van der Waals surface area contributed by atoms with Crippen molar-refractivity contribution >= 4 is 44.0 Å². The summed E-state index contributed by atoms with van der Waals surface area (Å²) in [5, 5.41) is 20.4. The van der Waals surface area contributed by atoms with Gasteiger partial charge < -0.3 is 5.11 Å². The lowest BCUT2D eigenvalue weighted by Gasteiger charge is -1.99. The summed E-state index contributed by atoms with van der Waals surface area (Å²) in [6.07, 6.45) is 1.37. The smallest absolute Gasteiger partial charge is 0.289 e. The summed E-state index contributed by atoms with van der Waals surface area (Å²) in [5.74, 6) is -0.359. The number of aromatic amines is 1. The van der Waals surface area contributed by atoms with E-state index in [1.54, 1.807) is 18.2 Å². The van der Waals surface area contributed by atoms with Crippen molar-refractivity contribution < 1.29 is 9.90 Å². The molecule has 1 heterocycles. The molecule has 6 nitrogen and oxygen atoms in total. The van der Waals surface area contributed by atoms with E-state index in [-0.39, 0.29) is 11.4 Å². The van der Waals surface area contributed by atoms with Gasteiger partial charge in [0.15, 0.2) is 0 Å². The molecule has 0 atom stereocenters. The fourth-order valence-corrected chi connectivity index (χ4v) is 2.70. The van der Waals surface area contributed by atoms with Gasteiger partial charge >= 0.3 is 0 Å². The highest BCUT2D eigenvalue weighted by Crippen LogP contribution is 2.21. The lowest BCUT2D eigenvalue weighted by molar-refractivity contribution is 0.0950. The second-order valence-corrected chi connectivity index (χ2v) is 6.91. The van der Waals surface area contributed by atoms with Gasteiger partial charge in [0.1, 0.15) is 11.4 Å². The van der Waals surface area contributed by atoms with Crippen LogP contribution in [0.25, 0.3) is 11.3 Å². The number of hydrogen-bond acceptors (Lipinski definition) is 4. The molecule has 0 aliphatic rings. The molecule has 0 aliphatic carbocycles. The van der Waals surface area contributed by atoms with Crippen LogP contribution in [0.3, 0.4) is 0 Å². The zero-order valence-electron chi connectivity index (χ0n) is 12.7. The second kappa shape index (κ2) is 7.62. The highest BCUT2D eigenvalue weighted by molar-refractivity contribution is 9.10. The number of phenols is 1. The monoisotopic (exact) mass is 462 g/mol. The Labute approximate surface area is 160 Å². The minimum atomic E-state index is -0.429. The van der Waals surface area contributed by atoms with Crippen molar-refractivity contribution in [3.8, 4) is 17.0 Å². The molecule has 1 aromatic heterocycles. The van der Waals surface area contributed by atoms with E-state index >= 15 is 0 Å². The Bertz CT molecular complexity index is 936. The normalized spacial score (nSPS) is 11.0. The van der Waals surface area contributed by atoms with E-state index in [9.17, 15) is 9.90 Å². The van der Waals surface area contributed by atoms with E-state index in [1.807, 2.05) is 24.3 Å². The molecule has 0 spiro atoms. The van der Waals surface area contributed by atoms with Gasteiger partial charge in [0.05, 0.1) is 11.9 Å². The van der Waals surface area contributed by atoms with Gasteiger partial charge in [-0.2, -0.15) is 10.2 Å². The van der Waals surface area contributed by atoms with Crippen molar-refractivity contribution in [1.82, 2.24) is 15.6 Å². The van der Waals surface area contributed by atoms with Crippen LogP contribution in [0.15, 0.2) is 62.6 Å². The quantitative estimate of drug-likeness (QED) is 0.402. The van der Waals surface area contributed by atoms with Crippen molar-refractivity contribution in [1.29, 1.82) is 0 Å². The van der Waals surface area contributed by atoms with E-state index < -0.39 is 5.91 Å². The van der Waals surface area contributed by atoms with Crippen molar-refractivity contribution in [3.05, 3.63) is 68.7 Å². The zero-order valence-corrected chi connectivity index (χ0v) is 15.9. The Hall–Kier alpha value is -2.45. The van der Waals surface area contributed by atoms with Gasteiger partial charge in [-0.3, -0.25) is 9.89 Å². The minimum Gasteiger partial charge on any atom is -0.507 e. The Kier molecular flexibility index (Phi) is 5.30. The van der Waals surface area contributed by atoms with Gasteiger partial charge in [0.25, 0.3) is 5.91 Å². The van der Waals surface area contributed by atoms with Gasteiger partial charge in [0.2, 0.25) is 0 Å². The number of amides is 1.